The van der Waals surface area contributed by atoms with Gasteiger partial charge in [0.2, 0.25) is 0 Å². The zero-order valence-corrected chi connectivity index (χ0v) is 12.7. The highest BCUT2D eigenvalue weighted by Gasteiger charge is 2.17. The molecular weight excluding hydrogens is 295 g/mol. The van der Waals surface area contributed by atoms with Crippen molar-refractivity contribution in [2.75, 3.05) is 6.54 Å². The summed E-state index contributed by atoms with van der Waals surface area (Å²) in [6, 6.07) is 6.16. The fraction of sp³-hybridized carbons (Fsp3) is 0.286. The molecule has 114 valence electrons. The van der Waals surface area contributed by atoms with E-state index < -0.39 is 0 Å². The van der Waals surface area contributed by atoms with Gasteiger partial charge in [-0.05, 0) is 26.0 Å². The molecule has 2 rings (SSSR count). The molecule has 0 aliphatic carbocycles. The molecule has 0 aliphatic heterocycles. The molecule has 0 saturated heterocycles. The SMILES string of the molecule is Cc1c(C(=O)N[C@@H](C)CN)cnn1-c1ccccc1F.Cl. The number of nitrogens with one attached hydrogen (secondary N) is 1. The summed E-state index contributed by atoms with van der Waals surface area (Å²) in [5.41, 5.74) is 6.77. The molecule has 1 aromatic carbocycles. The van der Waals surface area contributed by atoms with Crippen LogP contribution in [0, 0.1) is 12.7 Å². The Hall–Kier alpha value is -1.92. The number of nitrogens with two attached hydrogens (primary N) is 1. The number of carbonyl (C=O) groups excluding carboxylic acids is 1. The molecule has 0 spiro atoms. The van der Waals surface area contributed by atoms with Crippen LogP contribution in [0.3, 0.4) is 0 Å². The Kier molecular flexibility index (Phi) is 5.87. The highest BCUT2D eigenvalue weighted by atomic mass is 35.5. The minimum absolute atomic E-state index is 0. The Labute approximate surface area is 128 Å². The number of hydrogen-bond donors (Lipinski definition) is 2. The van der Waals surface area contributed by atoms with Gasteiger partial charge in [-0.3, -0.25) is 4.79 Å². The molecule has 0 fully saturated rings. The average molecular weight is 313 g/mol. The fourth-order valence-electron chi connectivity index (χ4n) is 1.86. The van der Waals surface area contributed by atoms with Crippen molar-refractivity contribution >= 4 is 18.3 Å². The summed E-state index contributed by atoms with van der Waals surface area (Å²) in [6.07, 6.45) is 1.43. The van der Waals surface area contributed by atoms with Gasteiger partial charge in [0.15, 0.2) is 0 Å². The first kappa shape index (κ1) is 17.1. The van der Waals surface area contributed by atoms with Crippen LogP contribution in [-0.4, -0.2) is 28.3 Å². The number of nitrogens with zero attached hydrogens (tertiary/aromatic N) is 2. The highest BCUT2D eigenvalue weighted by molar-refractivity contribution is 5.95. The number of benzene rings is 1. The van der Waals surface area contributed by atoms with Crippen molar-refractivity contribution in [3.8, 4) is 5.69 Å². The monoisotopic (exact) mass is 312 g/mol. The Morgan fingerprint density at radius 3 is 2.76 bits per heavy atom. The summed E-state index contributed by atoms with van der Waals surface area (Å²) in [5.74, 6) is -0.649. The topological polar surface area (TPSA) is 72.9 Å². The molecule has 1 aromatic heterocycles. The van der Waals surface area contributed by atoms with Crippen molar-refractivity contribution in [3.63, 3.8) is 0 Å². The van der Waals surface area contributed by atoms with Crippen LogP contribution in [0.4, 0.5) is 4.39 Å². The Morgan fingerprint density at radius 1 is 1.48 bits per heavy atom. The van der Waals surface area contributed by atoms with Crippen molar-refractivity contribution in [2.24, 2.45) is 5.73 Å². The maximum absolute atomic E-state index is 13.8. The number of para-hydroxylation sites is 1. The zero-order chi connectivity index (χ0) is 14.7. The molecule has 1 atom stereocenters. The summed E-state index contributed by atoms with van der Waals surface area (Å²) < 4.78 is 15.2. The third-order valence-electron chi connectivity index (χ3n) is 3.07. The number of halogens is 2. The van der Waals surface area contributed by atoms with Crippen LogP contribution in [0.25, 0.3) is 5.69 Å². The second-order valence-corrected chi connectivity index (χ2v) is 4.62. The summed E-state index contributed by atoms with van der Waals surface area (Å²) in [6.45, 7) is 3.89. The smallest absolute Gasteiger partial charge is 0.255 e. The lowest BCUT2D eigenvalue weighted by molar-refractivity contribution is 0.0940. The van der Waals surface area contributed by atoms with E-state index in [1.807, 2.05) is 6.92 Å². The zero-order valence-electron chi connectivity index (χ0n) is 11.8. The maximum atomic E-state index is 13.8. The fourth-order valence-corrected chi connectivity index (χ4v) is 1.86. The minimum Gasteiger partial charge on any atom is -0.348 e. The standard InChI is InChI=1S/C14H17FN4O.ClH/c1-9(7-16)18-14(20)11-8-17-19(10(11)2)13-6-4-3-5-12(13)15;/h3-6,8-9H,7,16H2,1-2H3,(H,18,20);1H/t9-;/m0./s1. The summed E-state index contributed by atoms with van der Waals surface area (Å²) in [4.78, 5) is 12.1. The molecule has 0 saturated carbocycles. The second-order valence-electron chi connectivity index (χ2n) is 4.62. The van der Waals surface area contributed by atoms with Crippen molar-refractivity contribution < 1.29 is 9.18 Å². The number of amides is 1. The van der Waals surface area contributed by atoms with Gasteiger partial charge in [0.05, 0.1) is 17.5 Å². The number of rotatable bonds is 4. The van der Waals surface area contributed by atoms with Crippen molar-refractivity contribution in [3.05, 3.63) is 47.5 Å². The van der Waals surface area contributed by atoms with Crippen LogP contribution in [0.1, 0.15) is 23.0 Å². The second kappa shape index (κ2) is 7.19. The Balaban J connectivity index is 0.00000220. The van der Waals surface area contributed by atoms with E-state index >= 15 is 0 Å². The molecule has 21 heavy (non-hydrogen) atoms. The van der Waals surface area contributed by atoms with Gasteiger partial charge in [0.1, 0.15) is 11.5 Å². The van der Waals surface area contributed by atoms with Crippen LogP contribution >= 0.6 is 12.4 Å². The van der Waals surface area contributed by atoms with Gasteiger partial charge in [-0.1, -0.05) is 12.1 Å². The molecule has 2 aromatic rings. The third kappa shape index (κ3) is 3.59. The van der Waals surface area contributed by atoms with Crippen LogP contribution in [-0.2, 0) is 0 Å². The van der Waals surface area contributed by atoms with Gasteiger partial charge in [-0.25, -0.2) is 9.07 Å². The van der Waals surface area contributed by atoms with E-state index in [4.69, 9.17) is 5.73 Å². The predicted octanol–water partition coefficient (Wildman–Crippen LogP) is 1.82. The van der Waals surface area contributed by atoms with E-state index in [1.54, 1.807) is 25.1 Å². The van der Waals surface area contributed by atoms with Crippen LogP contribution in [0.15, 0.2) is 30.5 Å². The van der Waals surface area contributed by atoms with E-state index in [0.29, 0.717) is 23.5 Å². The predicted molar refractivity (Wildman–Crippen MR) is 81.5 cm³/mol. The van der Waals surface area contributed by atoms with Gasteiger partial charge in [-0.2, -0.15) is 5.10 Å². The lowest BCUT2D eigenvalue weighted by Crippen LogP contribution is -2.37. The lowest BCUT2D eigenvalue weighted by Gasteiger charge is -2.11. The Bertz CT molecular complexity index is 629. The number of aromatic nitrogens is 2. The molecular formula is C14H18ClFN4O. The molecule has 0 bridgehead atoms. The minimum atomic E-state index is -0.388. The van der Waals surface area contributed by atoms with Crippen molar-refractivity contribution in [1.29, 1.82) is 0 Å². The van der Waals surface area contributed by atoms with Gasteiger partial charge >= 0.3 is 0 Å². The van der Waals surface area contributed by atoms with Gasteiger partial charge in [-0.15, -0.1) is 12.4 Å². The van der Waals surface area contributed by atoms with Crippen LogP contribution < -0.4 is 11.1 Å². The highest BCUT2D eigenvalue weighted by Crippen LogP contribution is 2.16. The molecule has 0 radical (unpaired) electrons. The summed E-state index contributed by atoms with van der Waals surface area (Å²) >= 11 is 0. The quantitative estimate of drug-likeness (QED) is 0.904. The van der Waals surface area contributed by atoms with Crippen LogP contribution in [0.5, 0.6) is 0 Å². The largest absolute Gasteiger partial charge is 0.348 e. The molecule has 0 unspecified atom stereocenters. The van der Waals surface area contributed by atoms with E-state index in [1.165, 1.54) is 16.9 Å². The van der Waals surface area contributed by atoms with Crippen molar-refractivity contribution in [1.82, 2.24) is 15.1 Å². The molecule has 1 heterocycles. The van der Waals surface area contributed by atoms with Crippen LogP contribution in [0.2, 0.25) is 0 Å². The lowest BCUT2D eigenvalue weighted by atomic mass is 10.2. The molecule has 7 heteroatoms. The van der Waals surface area contributed by atoms with Gasteiger partial charge in [0, 0.05) is 12.6 Å². The first-order valence-electron chi connectivity index (χ1n) is 6.35. The molecule has 1 amide bonds. The van der Waals surface area contributed by atoms with E-state index in [-0.39, 0.29) is 30.2 Å². The molecule has 5 nitrogen and oxygen atoms in total. The molecule has 0 aliphatic rings. The summed E-state index contributed by atoms with van der Waals surface area (Å²) in [5, 5.41) is 6.84. The first-order chi connectivity index (χ1) is 9.54. The number of hydrogen-bond acceptors (Lipinski definition) is 3. The molecule has 3 N–H and O–H groups in total. The van der Waals surface area contributed by atoms with E-state index in [2.05, 4.69) is 10.4 Å². The summed E-state index contributed by atoms with van der Waals surface area (Å²) in [7, 11) is 0. The number of carbonyl (C=O) groups is 1. The van der Waals surface area contributed by atoms with Crippen molar-refractivity contribution in [2.45, 2.75) is 19.9 Å². The van der Waals surface area contributed by atoms with E-state index in [0.717, 1.165) is 0 Å². The van der Waals surface area contributed by atoms with Gasteiger partial charge < -0.3 is 11.1 Å². The Morgan fingerprint density at radius 2 is 2.14 bits per heavy atom. The maximum Gasteiger partial charge on any atom is 0.255 e. The average Bonchev–Trinajstić information content (AvgIpc) is 2.81. The normalized spacial score (nSPS) is 11.6. The van der Waals surface area contributed by atoms with Gasteiger partial charge in [0.25, 0.3) is 5.91 Å². The first-order valence-corrected chi connectivity index (χ1v) is 6.35. The van der Waals surface area contributed by atoms with E-state index in [9.17, 15) is 9.18 Å². The third-order valence-corrected chi connectivity index (χ3v) is 3.07.